The fraction of sp³-hybridized carbons (Fsp3) is 0.160. The summed E-state index contributed by atoms with van der Waals surface area (Å²) in [7, 11) is 1.56. The van der Waals surface area contributed by atoms with Gasteiger partial charge in [-0.05, 0) is 41.8 Å². The van der Waals surface area contributed by atoms with Crippen LogP contribution in [0.5, 0.6) is 11.5 Å². The molecule has 0 radical (unpaired) electrons. The van der Waals surface area contributed by atoms with Crippen molar-refractivity contribution >= 4 is 11.6 Å². The molecule has 0 heterocycles. The van der Waals surface area contributed by atoms with Gasteiger partial charge in [-0.25, -0.2) is 0 Å². The Labute approximate surface area is 182 Å². The number of carbonyl (C=O) groups is 1. The van der Waals surface area contributed by atoms with Crippen molar-refractivity contribution in [3.05, 3.63) is 102 Å². The van der Waals surface area contributed by atoms with Gasteiger partial charge in [0.2, 0.25) is 5.91 Å². The third-order valence-corrected chi connectivity index (χ3v) is 4.52. The first kappa shape index (κ1) is 21.9. The largest absolute Gasteiger partial charge is 0.489 e. The second-order valence-electron chi connectivity index (χ2n) is 6.86. The van der Waals surface area contributed by atoms with Crippen molar-refractivity contribution in [3.63, 3.8) is 0 Å². The first-order valence-electron chi connectivity index (χ1n) is 9.94. The predicted octanol–water partition coefficient (Wildman–Crippen LogP) is 4.21. The van der Waals surface area contributed by atoms with Crippen LogP contribution in [0.4, 0.5) is 0 Å². The van der Waals surface area contributed by atoms with Crippen LogP contribution in [-0.4, -0.2) is 13.0 Å². The number of nitrogens with one attached hydrogen (secondary N) is 1. The quantitative estimate of drug-likeness (QED) is 0.360. The second-order valence-corrected chi connectivity index (χ2v) is 6.86. The normalized spacial score (nSPS) is 11.1. The van der Waals surface area contributed by atoms with Gasteiger partial charge in [0.05, 0.1) is 7.11 Å². The van der Waals surface area contributed by atoms with Gasteiger partial charge in [-0.1, -0.05) is 54.6 Å². The number of hydrogen-bond donors (Lipinski definition) is 2. The third-order valence-electron chi connectivity index (χ3n) is 4.52. The highest BCUT2D eigenvalue weighted by Gasteiger charge is 2.03. The van der Waals surface area contributed by atoms with Crippen LogP contribution in [-0.2, 0) is 22.7 Å². The molecule has 0 aliphatic heterocycles. The summed E-state index contributed by atoms with van der Waals surface area (Å²) in [4.78, 5) is 15.9. The summed E-state index contributed by atoms with van der Waals surface area (Å²) in [6.45, 7) is 0.442. The van der Waals surface area contributed by atoms with E-state index in [9.17, 15) is 4.79 Å². The van der Waals surface area contributed by atoms with Crippen LogP contribution in [0.2, 0.25) is 0 Å². The highest BCUT2D eigenvalue weighted by atomic mass is 16.6. The van der Waals surface area contributed by atoms with Gasteiger partial charge in [0, 0.05) is 12.0 Å². The van der Waals surface area contributed by atoms with Crippen molar-refractivity contribution < 1.29 is 19.1 Å². The molecule has 0 aliphatic carbocycles. The Morgan fingerprint density at radius 2 is 1.55 bits per heavy atom. The minimum absolute atomic E-state index is 0.297. The molecule has 3 N–H and O–H groups in total. The zero-order valence-corrected chi connectivity index (χ0v) is 17.4. The molecule has 6 nitrogen and oxygen atoms in total. The molecule has 0 unspecified atom stereocenters. The maximum absolute atomic E-state index is 10.9. The fourth-order valence-corrected chi connectivity index (χ4v) is 2.86. The Morgan fingerprint density at radius 1 is 0.903 bits per heavy atom. The molecule has 3 rings (SSSR count). The van der Waals surface area contributed by atoms with Crippen LogP contribution in [0.3, 0.4) is 0 Å². The van der Waals surface area contributed by atoms with Gasteiger partial charge in [-0.15, -0.1) is 0 Å². The average Bonchev–Trinajstić information content (AvgIpc) is 2.81. The predicted molar refractivity (Wildman–Crippen MR) is 120 cm³/mol. The number of carbonyl (C=O) groups excluding carboxylic acids is 1. The van der Waals surface area contributed by atoms with E-state index in [2.05, 4.69) is 5.48 Å². The van der Waals surface area contributed by atoms with E-state index in [1.54, 1.807) is 13.4 Å². The molecule has 0 saturated heterocycles. The van der Waals surface area contributed by atoms with Crippen LogP contribution < -0.4 is 20.7 Å². The fourth-order valence-electron chi connectivity index (χ4n) is 2.86. The highest BCUT2D eigenvalue weighted by Crippen LogP contribution is 2.18. The topological polar surface area (TPSA) is 82.8 Å². The standard InChI is InChI=1S/C25H26N2O4/c1-29-27-24(21-5-3-2-4-6-21)18-31-23-14-9-20(10-15-23)17-30-22-12-7-19(8-13-22)11-16-25(26)28/h2-10,12-15,18,27H,11,16-17H2,1H3,(H2,26,28). The number of hydrogen-bond acceptors (Lipinski definition) is 5. The van der Waals surface area contributed by atoms with Crippen molar-refractivity contribution in [1.82, 2.24) is 5.48 Å². The molecule has 3 aromatic carbocycles. The molecule has 0 spiro atoms. The van der Waals surface area contributed by atoms with Crippen LogP contribution in [0.1, 0.15) is 23.1 Å². The number of ether oxygens (including phenoxy) is 2. The van der Waals surface area contributed by atoms with E-state index in [0.717, 1.165) is 28.1 Å². The van der Waals surface area contributed by atoms with Crippen molar-refractivity contribution in [1.29, 1.82) is 0 Å². The minimum Gasteiger partial charge on any atom is -0.489 e. The molecule has 0 atom stereocenters. The summed E-state index contributed by atoms with van der Waals surface area (Å²) < 4.78 is 11.6. The Kier molecular flexibility index (Phi) is 8.08. The van der Waals surface area contributed by atoms with Crippen molar-refractivity contribution in [2.45, 2.75) is 19.4 Å². The summed E-state index contributed by atoms with van der Waals surface area (Å²) >= 11 is 0. The van der Waals surface area contributed by atoms with Gasteiger partial charge >= 0.3 is 0 Å². The lowest BCUT2D eigenvalue weighted by molar-refractivity contribution is -0.117. The molecule has 0 bridgehead atoms. The molecular weight excluding hydrogens is 392 g/mol. The molecule has 160 valence electrons. The van der Waals surface area contributed by atoms with E-state index in [1.807, 2.05) is 78.9 Å². The Hall–Kier alpha value is -3.77. The maximum atomic E-state index is 10.9. The van der Waals surface area contributed by atoms with Crippen molar-refractivity contribution in [3.8, 4) is 11.5 Å². The molecule has 3 aromatic rings. The number of nitrogens with two attached hydrogens (primary N) is 1. The number of hydroxylamine groups is 1. The molecule has 0 aromatic heterocycles. The van der Waals surface area contributed by atoms with E-state index in [1.165, 1.54) is 0 Å². The number of amides is 1. The monoisotopic (exact) mass is 418 g/mol. The van der Waals surface area contributed by atoms with E-state index < -0.39 is 0 Å². The lowest BCUT2D eigenvalue weighted by atomic mass is 10.1. The van der Waals surface area contributed by atoms with Gasteiger partial charge in [-0.3, -0.25) is 15.1 Å². The maximum Gasteiger partial charge on any atom is 0.217 e. The highest BCUT2D eigenvalue weighted by molar-refractivity contribution is 5.74. The van der Waals surface area contributed by atoms with Crippen LogP contribution in [0.25, 0.3) is 5.70 Å². The second kappa shape index (κ2) is 11.4. The summed E-state index contributed by atoms with van der Waals surface area (Å²) in [5.74, 6) is 1.17. The summed E-state index contributed by atoms with van der Waals surface area (Å²) in [5.41, 5.74) is 11.8. The molecule has 0 saturated carbocycles. The Bertz CT molecular complexity index is 984. The summed E-state index contributed by atoms with van der Waals surface area (Å²) in [6.07, 6.45) is 2.60. The Balaban J connectivity index is 1.53. The summed E-state index contributed by atoms with van der Waals surface area (Å²) in [6, 6.07) is 25.1. The van der Waals surface area contributed by atoms with Crippen LogP contribution >= 0.6 is 0 Å². The van der Waals surface area contributed by atoms with Gasteiger partial charge in [-0.2, -0.15) is 0 Å². The van der Waals surface area contributed by atoms with Gasteiger partial charge in [0.15, 0.2) is 0 Å². The number of benzene rings is 3. The lowest BCUT2D eigenvalue weighted by Gasteiger charge is -2.10. The molecule has 6 heteroatoms. The number of aryl methyl sites for hydroxylation is 1. The molecular formula is C25H26N2O4. The van der Waals surface area contributed by atoms with Crippen LogP contribution in [0.15, 0.2) is 85.1 Å². The number of primary amides is 1. The summed E-state index contributed by atoms with van der Waals surface area (Å²) in [5, 5.41) is 0. The molecule has 0 aliphatic rings. The third kappa shape index (κ3) is 7.21. The van der Waals surface area contributed by atoms with E-state index >= 15 is 0 Å². The van der Waals surface area contributed by atoms with Crippen molar-refractivity contribution in [2.75, 3.05) is 7.11 Å². The Morgan fingerprint density at radius 3 is 2.19 bits per heavy atom. The zero-order chi connectivity index (χ0) is 21.9. The average molecular weight is 418 g/mol. The van der Waals surface area contributed by atoms with Gasteiger partial charge < -0.3 is 15.2 Å². The molecule has 31 heavy (non-hydrogen) atoms. The van der Waals surface area contributed by atoms with Crippen LogP contribution in [0, 0.1) is 0 Å². The van der Waals surface area contributed by atoms with Crippen molar-refractivity contribution in [2.24, 2.45) is 5.73 Å². The zero-order valence-electron chi connectivity index (χ0n) is 17.4. The van der Waals surface area contributed by atoms with E-state index in [4.69, 9.17) is 20.0 Å². The smallest absolute Gasteiger partial charge is 0.217 e. The van der Waals surface area contributed by atoms with Gasteiger partial charge in [0.1, 0.15) is 30.1 Å². The first-order valence-corrected chi connectivity index (χ1v) is 9.94. The SMILES string of the molecule is CONC(=COc1ccc(COc2ccc(CCC(N)=O)cc2)cc1)c1ccccc1. The van der Waals surface area contributed by atoms with E-state index in [-0.39, 0.29) is 5.91 Å². The van der Waals surface area contributed by atoms with Gasteiger partial charge in [0.25, 0.3) is 0 Å². The molecule has 0 fully saturated rings. The minimum atomic E-state index is -0.297. The first-order chi connectivity index (χ1) is 15.1. The molecule has 1 amide bonds. The lowest BCUT2D eigenvalue weighted by Crippen LogP contribution is -2.11. The number of rotatable bonds is 11. The van der Waals surface area contributed by atoms with E-state index in [0.29, 0.717) is 25.2 Å².